The molecule has 0 aromatic heterocycles. The number of benzene rings is 7. The van der Waals surface area contributed by atoms with Gasteiger partial charge >= 0.3 is 0 Å². The Labute approximate surface area is 390 Å². The normalized spacial score (nSPS) is 21.2. The average Bonchev–Trinajstić information content (AvgIpc) is 3.88. The highest BCUT2D eigenvalue weighted by atomic mass is 14.6. The molecule has 0 fully saturated rings. The molecule has 65 heavy (non-hydrogen) atoms. The van der Waals surface area contributed by atoms with Crippen molar-refractivity contribution in [1.82, 2.24) is 0 Å². The van der Waals surface area contributed by atoms with Crippen molar-refractivity contribution in [1.29, 1.82) is 0 Å². The molecule has 0 bridgehead atoms. The predicted molar refractivity (Wildman–Crippen MR) is 276 cm³/mol. The van der Waals surface area contributed by atoms with Gasteiger partial charge in [-0.05, 0) is 129 Å². The van der Waals surface area contributed by atoms with Crippen LogP contribution in [0.5, 0.6) is 0 Å². The van der Waals surface area contributed by atoms with E-state index in [1.165, 1.54) is 91.6 Å². The summed E-state index contributed by atoms with van der Waals surface area (Å²) in [6, 6.07) is 60.4. The van der Waals surface area contributed by atoms with Gasteiger partial charge in [-0.3, -0.25) is 0 Å². The third-order valence-electron chi connectivity index (χ3n) is 16.0. The van der Waals surface area contributed by atoms with Crippen LogP contribution in [0, 0.1) is 32.1 Å². The predicted octanol–water partition coefficient (Wildman–Crippen LogP) is 16.9. The van der Waals surface area contributed by atoms with Crippen molar-refractivity contribution in [2.24, 2.45) is 11.3 Å². The SMILES string of the molecule is Cc1ccc2c(c1)C(C)(C)CC21CC(C)(C)C2=C1CC(C)C=C2.Cc1ccc2c(c1)C(C)(C)c1ccccc1-2.Cc1ccc2c(c1)C(c1ccccc1)(c1ccccc1)c1ccccc1-2. The zero-order chi connectivity index (χ0) is 45.5. The number of aryl methyl sites for hydroxylation is 3. The van der Waals surface area contributed by atoms with E-state index < -0.39 is 0 Å². The molecule has 0 radical (unpaired) electrons. The van der Waals surface area contributed by atoms with Crippen molar-refractivity contribution >= 4 is 0 Å². The van der Waals surface area contributed by atoms with Crippen molar-refractivity contribution in [2.45, 2.75) is 110 Å². The molecule has 2 unspecified atom stereocenters. The van der Waals surface area contributed by atoms with Gasteiger partial charge in [0.15, 0.2) is 0 Å². The Morgan fingerprint density at radius 2 is 0.877 bits per heavy atom. The quantitative estimate of drug-likeness (QED) is 0.163. The first-order valence-corrected chi connectivity index (χ1v) is 24.1. The molecule has 0 amide bonds. The Hall–Kier alpha value is -5.98. The molecule has 0 heteroatoms. The minimum absolute atomic E-state index is 0.151. The standard InChI is InChI=1S/C26H20.C23H30.C16H16/c1-19-16-17-23-22-14-8-9-15-24(22)26(25(23)18-19,20-10-4-2-5-11-20)21-12-6-3-7-13-21;1-15-8-10-18-19(11-15)22(5,6)14-23(18)13-21(3,4)17-9-7-16(2)12-20(17)23;1-11-8-9-13-12-6-4-5-7-14(12)16(2,3)15(13)10-11/h2-18H,1H3;7-11,16H,12-14H2,1-6H3;4-10H,1-3H3. The van der Waals surface area contributed by atoms with E-state index in [9.17, 15) is 0 Å². The molecular formula is C65H66. The first-order chi connectivity index (χ1) is 31.1. The van der Waals surface area contributed by atoms with Crippen LogP contribution in [0.25, 0.3) is 22.3 Å². The number of hydrogen-bond donors (Lipinski definition) is 0. The summed E-state index contributed by atoms with van der Waals surface area (Å²) in [6.07, 6.45) is 8.69. The van der Waals surface area contributed by atoms with Crippen LogP contribution >= 0.6 is 0 Å². The van der Waals surface area contributed by atoms with Gasteiger partial charge in [-0.2, -0.15) is 0 Å². The molecule has 0 N–H and O–H groups in total. The van der Waals surface area contributed by atoms with Crippen LogP contribution in [0.1, 0.15) is 129 Å². The highest BCUT2D eigenvalue weighted by Crippen LogP contribution is 2.65. The molecule has 1 spiro atoms. The van der Waals surface area contributed by atoms with Crippen molar-refractivity contribution in [3.8, 4) is 22.3 Å². The lowest BCUT2D eigenvalue weighted by atomic mass is 9.67. The van der Waals surface area contributed by atoms with E-state index in [4.69, 9.17) is 0 Å². The molecule has 7 aromatic rings. The molecule has 7 aromatic carbocycles. The molecule has 0 saturated heterocycles. The largest absolute Gasteiger partial charge is 0.0811 e. The van der Waals surface area contributed by atoms with Gasteiger partial charge in [0.1, 0.15) is 0 Å². The summed E-state index contributed by atoms with van der Waals surface area (Å²) in [5, 5.41) is 0. The third kappa shape index (κ3) is 6.77. The fourth-order valence-corrected chi connectivity index (χ4v) is 13.3. The molecule has 0 heterocycles. The number of rotatable bonds is 2. The summed E-state index contributed by atoms with van der Waals surface area (Å²) in [4.78, 5) is 0. The first kappa shape index (κ1) is 42.9. The van der Waals surface area contributed by atoms with Crippen LogP contribution in [0.3, 0.4) is 0 Å². The lowest BCUT2D eigenvalue weighted by molar-refractivity contribution is 0.313. The van der Waals surface area contributed by atoms with Crippen LogP contribution in [0.2, 0.25) is 0 Å². The summed E-state index contributed by atoms with van der Waals surface area (Å²) in [5.74, 6) is 0.678. The highest BCUT2D eigenvalue weighted by Gasteiger charge is 2.57. The van der Waals surface area contributed by atoms with Gasteiger partial charge in [0.25, 0.3) is 0 Å². The van der Waals surface area contributed by atoms with E-state index in [-0.39, 0.29) is 21.7 Å². The van der Waals surface area contributed by atoms with E-state index in [0.717, 1.165) is 0 Å². The van der Waals surface area contributed by atoms with Gasteiger partial charge in [0, 0.05) is 10.8 Å². The first-order valence-electron chi connectivity index (χ1n) is 24.1. The zero-order valence-electron chi connectivity index (χ0n) is 40.4. The summed E-state index contributed by atoms with van der Waals surface area (Å²) in [5.41, 5.74) is 25.3. The minimum Gasteiger partial charge on any atom is -0.0811 e. The maximum Gasteiger partial charge on any atom is 0.0713 e. The van der Waals surface area contributed by atoms with Gasteiger partial charge in [0.05, 0.1) is 5.41 Å². The molecule has 5 aliphatic rings. The second kappa shape index (κ2) is 15.6. The molecule has 2 atom stereocenters. The molecule has 0 aliphatic heterocycles. The summed E-state index contributed by atoms with van der Waals surface area (Å²) < 4.78 is 0. The van der Waals surface area contributed by atoms with Crippen LogP contribution in [0.4, 0.5) is 0 Å². The maximum atomic E-state index is 2.46. The topological polar surface area (TPSA) is 0 Å². The molecule has 0 saturated carbocycles. The van der Waals surface area contributed by atoms with Gasteiger partial charge < -0.3 is 0 Å². The Bertz CT molecular complexity index is 2980. The Morgan fingerprint density at radius 1 is 0.415 bits per heavy atom. The summed E-state index contributed by atoms with van der Waals surface area (Å²) in [7, 11) is 0. The molecular weight excluding hydrogens is 781 g/mol. The lowest BCUT2D eigenvalue weighted by Gasteiger charge is -2.34. The maximum absolute atomic E-state index is 2.46. The average molecular weight is 847 g/mol. The van der Waals surface area contributed by atoms with Gasteiger partial charge in [-0.1, -0.05) is 247 Å². The van der Waals surface area contributed by atoms with Crippen molar-refractivity contribution in [3.05, 3.63) is 248 Å². The zero-order valence-corrected chi connectivity index (χ0v) is 40.4. The second-order valence-corrected chi connectivity index (χ2v) is 22.0. The second-order valence-electron chi connectivity index (χ2n) is 22.0. The van der Waals surface area contributed by atoms with Crippen molar-refractivity contribution < 1.29 is 0 Å². The van der Waals surface area contributed by atoms with E-state index in [1.807, 2.05) is 0 Å². The number of hydrogen-bond acceptors (Lipinski definition) is 0. The molecule has 5 aliphatic carbocycles. The van der Waals surface area contributed by atoms with Crippen molar-refractivity contribution in [2.75, 3.05) is 0 Å². The van der Waals surface area contributed by atoms with Gasteiger partial charge in [-0.25, -0.2) is 0 Å². The summed E-state index contributed by atoms with van der Waals surface area (Å²) in [6.45, 7) is 23.4. The molecule has 12 rings (SSSR count). The van der Waals surface area contributed by atoms with Crippen LogP contribution in [-0.4, -0.2) is 0 Å². The summed E-state index contributed by atoms with van der Waals surface area (Å²) >= 11 is 0. The Balaban J connectivity index is 0.000000118. The van der Waals surface area contributed by atoms with E-state index >= 15 is 0 Å². The van der Waals surface area contributed by atoms with Gasteiger partial charge in [0.2, 0.25) is 0 Å². The fourth-order valence-electron chi connectivity index (χ4n) is 13.3. The molecule has 0 nitrogen and oxygen atoms in total. The minimum atomic E-state index is -0.263. The van der Waals surface area contributed by atoms with Crippen LogP contribution in [0.15, 0.2) is 187 Å². The monoisotopic (exact) mass is 847 g/mol. The van der Waals surface area contributed by atoms with Gasteiger partial charge in [-0.15, -0.1) is 0 Å². The molecule has 326 valence electrons. The Morgan fingerprint density at radius 3 is 1.49 bits per heavy atom. The Kier molecular flexibility index (Phi) is 10.3. The van der Waals surface area contributed by atoms with E-state index in [2.05, 4.69) is 245 Å². The van der Waals surface area contributed by atoms with Crippen LogP contribution < -0.4 is 0 Å². The number of allylic oxidation sites excluding steroid dienone is 4. The van der Waals surface area contributed by atoms with E-state index in [0.29, 0.717) is 11.3 Å². The smallest absolute Gasteiger partial charge is 0.0713 e. The highest BCUT2D eigenvalue weighted by molar-refractivity contribution is 5.86. The van der Waals surface area contributed by atoms with E-state index in [1.54, 1.807) is 22.3 Å². The van der Waals surface area contributed by atoms with Crippen molar-refractivity contribution in [3.63, 3.8) is 0 Å². The lowest BCUT2D eigenvalue weighted by Crippen LogP contribution is -2.28. The third-order valence-corrected chi connectivity index (χ3v) is 16.0. The fraction of sp³-hybridized carbons (Fsp3) is 0.292. The number of fused-ring (bicyclic) bond motifs is 9. The van der Waals surface area contributed by atoms with Crippen LogP contribution in [-0.2, 0) is 21.7 Å².